The van der Waals surface area contributed by atoms with Crippen LogP contribution in [0.25, 0.3) is 0 Å². The van der Waals surface area contributed by atoms with Gasteiger partial charge in [-0.15, -0.1) is 0 Å². The van der Waals surface area contributed by atoms with Gasteiger partial charge in [0, 0.05) is 22.1 Å². The van der Waals surface area contributed by atoms with Crippen LogP contribution in [0.5, 0.6) is 0 Å². The van der Waals surface area contributed by atoms with Gasteiger partial charge in [0.05, 0.1) is 0 Å². The lowest BCUT2D eigenvalue weighted by Crippen LogP contribution is -2.26. The second-order valence-corrected chi connectivity index (χ2v) is 7.95. The fourth-order valence-corrected chi connectivity index (χ4v) is 5.15. The van der Waals surface area contributed by atoms with Crippen molar-refractivity contribution in [2.45, 2.75) is 6.18 Å². The van der Waals surface area contributed by atoms with Crippen LogP contribution >= 0.6 is 7.14 Å². The van der Waals surface area contributed by atoms with Crippen LogP contribution in [0.3, 0.4) is 0 Å². The normalized spacial score (nSPS) is 12.1. The molecule has 122 valence electrons. The average Bonchev–Trinajstić information content (AvgIpc) is 2.62. The fraction of sp³-hybridized carbons (Fsp3) is 0.0556. The molecule has 0 saturated heterocycles. The van der Waals surface area contributed by atoms with E-state index in [-0.39, 0.29) is 5.30 Å². The first kappa shape index (κ1) is 16.5. The van der Waals surface area contributed by atoms with Crippen molar-refractivity contribution >= 4 is 23.1 Å². The highest BCUT2D eigenvalue weighted by Crippen LogP contribution is 2.42. The summed E-state index contributed by atoms with van der Waals surface area (Å²) in [6.45, 7) is 0. The summed E-state index contributed by atoms with van der Waals surface area (Å²) < 4.78 is 52.9. The zero-order chi connectivity index (χ0) is 17.2. The van der Waals surface area contributed by atoms with E-state index in [0.29, 0.717) is 10.6 Å². The molecule has 0 spiro atoms. The Balaban J connectivity index is 2.26. The van der Waals surface area contributed by atoms with E-state index in [1.807, 2.05) is 0 Å². The standard InChI is InChI=1S/C18H13F3NOP/c19-18(20,21)17-13-16(11-12-22-17)24(23,14-7-3-1-4-8-14)15-9-5-2-6-10-15/h1-13H. The average molecular weight is 347 g/mol. The van der Waals surface area contributed by atoms with Crippen LogP contribution in [-0.4, -0.2) is 4.98 Å². The van der Waals surface area contributed by atoms with E-state index in [2.05, 4.69) is 4.98 Å². The van der Waals surface area contributed by atoms with Crippen molar-refractivity contribution in [1.29, 1.82) is 0 Å². The second kappa shape index (κ2) is 6.25. The number of alkyl halides is 3. The van der Waals surface area contributed by atoms with Crippen LogP contribution in [0, 0.1) is 0 Å². The summed E-state index contributed by atoms with van der Waals surface area (Å²) in [5.74, 6) is 0. The lowest BCUT2D eigenvalue weighted by molar-refractivity contribution is -0.141. The number of benzene rings is 2. The molecule has 0 atom stereocenters. The largest absolute Gasteiger partial charge is 0.433 e. The monoisotopic (exact) mass is 347 g/mol. The third-order valence-corrected chi connectivity index (χ3v) is 6.69. The van der Waals surface area contributed by atoms with Gasteiger partial charge < -0.3 is 4.57 Å². The van der Waals surface area contributed by atoms with Crippen LogP contribution < -0.4 is 15.9 Å². The van der Waals surface area contributed by atoms with Crippen molar-refractivity contribution < 1.29 is 17.7 Å². The van der Waals surface area contributed by atoms with E-state index in [1.54, 1.807) is 60.7 Å². The highest BCUT2D eigenvalue weighted by molar-refractivity contribution is 7.85. The van der Waals surface area contributed by atoms with Crippen LogP contribution in [0.15, 0.2) is 79.0 Å². The Labute approximate surface area is 137 Å². The molecular formula is C18H13F3NOP. The molecule has 0 N–H and O–H groups in total. The smallest absolute Gasteiger partial charge is 0.309 e. The molecule has 0 unspecified atom stereocenters. The minimum atomic E-state index is -4.59. The minimum Gasteiger partial charge on any atom is -0.309 e. The number of rotatable bonds is 3. The van der Waals surface area contributed by atoms with Crippen molar-refractivity contribution in [1.82, 2.24) is 4.98 Å². The SMILES string of the molecule is O=P(c1ccccc1)(c1ccccc1)c1ccnc(C(F)(F)F)c1. The first-order valence-electron chi connectivity index (χ1n) is 7.17. The maximum absolute atomic E-state index is 13.9. The predicted octanol–water partition coefficient (Wildman–Crippen LogP) is 3.74. The van der Waals surface area contributed by atoms with E-state index in [0.717, 1.165) is 12.3 Å². The van der Waals surface area contributed by atoms with E-state index >= 15 is 0 Å². The van der Waals surface area contributed by atoms with Gasteiger partial charge in [-0.3, -0.25) is 4.98 Å². The number of hydrogen-bond acceptors (Lipinski definition) is 2. The Kier molecular flexibility index (Phi) is 4.29. The molecule has 3 aromatic rings. The summed E-state index contributed by atoms with van der Waals surface area (Å²) in [4.78, 5) is 3.37. The Bertz CT molecular complexity index is 836. The molecule has 3 rings (SSSR count). The van der Waals surface area contributed by atoms with Crippen LogP contribution in [-0.2, 0) is 10.7 Å². The molecular weight excluding hydrogens is 334 g/mol. The van der Waals surface area contributed by atoms with Crippen molar-refractivity contribution in [3.63, 3.8) is 0 Å². The van der Waals surface area contributed by atoms with E-state index < -0.39 is 19.0 Å². The molecule has 6 heteroatoms. The highest BCUT2D eigenvalue weighted by atomic mass is 31.2. The number of aromatic nitrogens is 1. The minimum absolute atomic E-state index is 0.113. The molecule has 0 radical (unpaired) electrons. The first-order valence-corrected chi connectivity index (χ1v) is 8.88. The second-order valence-electron chi connectivity index (χ2n) is 5.18. The molecule has 24 heavy (non-hydrogen) atoms. The van der Waals surface area contributed by atoms with Gasteiger partial charge in [0.25, 0.3) is 0 Å². The van der Waals surface area contributed by atoms with Crippen molar-refractivity contribution in [3.05, 3.63) is 84.7 Å². The highest BCUT2D eigenvalue weighted by Gasteiger charge is 2.36. The Morgan fingerprint density at radius 1 is 0.750 bits per heavy atom. The summed E-state index contributed by atoms with van der Waals surface area (Å²) in [6, 6.07) is 19.4. The third kappa shape index (κ3) is 3.00. The Morgan fingerprint density at radius 2 is 1.25 bits per heavy atom. The van der Waals surface area contributed by atoms with E-state index in [4.69, 9.17) is 0 Å². The van der Waals surface area contributed by atoms with Crippen LogP contribution in [0.2, 0.25) is 0 Å². The van der Waals surface area contributed by atoms with Gasteiger partial charge in [0.15, 0.2) is 7.14 Å². The molecule has 0 bridgehead atoms. The fourth-order valence-electron chi connectivity index (χ4n) is 2.49. The number of nitrogens with zero attached hydrogens (tertiary/aromatic N) is 1. The quantitative estimate of drug-likeness (QED) is 0.676. The van der Waals surface area contributed by atoms with Crippen molar-refractivity contribution in [2.75, 3.05) is 0 Å². The third-order valence-electron chi connectivity index (χ3n) is 3.64. The van der Waals surface area contributed by atoms with Crippen LogP contribution in [0.4, 0.5) is 13.2 Å². The number of halogens is 3. The maximum Gasteiger partial charge on any atom is 0.433 e. The van der Waals surface area contributed by atoms with Gasteiger partial charge >= 0.3 is 6.18 Å². The van der Waals surface area contributed by atoms with Crippen molar-refractivity contribution in [3.8, 4) is 0 Å². The molecule has 0 saturated carbocycles. The molecule has 0 aliphatic carbocycles. The lowest BCUT2D eigenvalue weighted by Gasteiger charge is -2.20. The van der Waals surface area contributed by atoms with Gasteiger partial charge in [0.2, 0.25) is 0 Å². The Morgan fingerprint density at radius 3 is 1.71 bits per heavy atom. The zero-order valence-corrected chi connectivity index (χ0v) is 13.3. The maximum atomic E-state index is 13.9. The Hall–Kier alpha value is -2.39. The van der Waals surface area contributed by atoms with Gasteiger partial charge in [-0.1, -0.05) is 60.7 Å². The van der Waals surface area contributed by atoms with Gasteiger partial charge in [-0.2, -0.15) is 13.2 Å². The molecule has 2 nitrogen and oxygen atoms in total. The summed E-state index contributed by atoms with van der Waals surface area (Å²) in [5.41, 5.74) is -1.05. The molecule has 0 fully saturated rings. The molecule has 0 amide bonds. The first-order chi connectivity index (χ1) is 11.4. The molecule has 2 aromatic carbocycles. The van der Waals surface area contributed by atoms with Crippen molar-refractivity contribution in [2.24, 2.45) is 0 Å². The number of hydrogen-bond donors (Lipinski definition) is 0. The topological polar surface area (TPSA) is 30.0 Å². The van der Waals surface area contributed by atoms with Gasteiger partial charge in [-0.05, 0) is 12.1 Å². The number of pyridine rings is 1. The van der Waals surface area contributed by atoms with Crippen LogP contribution in [0.1, 0.15) is 5.69 Å². The molecule has 1 aromatic heterocycles. The lowest BCUT2D eigenvalue weighted by atomic mass is 10.3. The molecule has 0 aliphatic rings. The van der Waals surface area contributed by atoms with E-state index in [9.17, 15) is 17.7 Å². The van der Waals surface area contributed by atoms with Gasteiger partial charge in [0.1, 0.15) is 5.69 Å². The predicted molar refractivity (Wildman–Crippen MR) is 88.6 cm³/mol. The molecule has 1 heterocycles. The summed E-state index contributed by atoms with van der Waals surface area (Å²) in [7, 11) is -3.41. The molecule has 0 aliphatic heterocycles. The summed E-state index contributed by atoms with van der Waals surface area (Å²) in [5, 5.41) is 1.08. The van der Waals surface area contributed by atoms with Gasteiger partial charge in [-0.25, -0.2) is 0 Å². The van der Waals surface area contributed by atoms with E-state index in [1.165, 1.54) is 6.07 Å². The summed E-state index contributed by atoms with van der Waals surface area (Å²) >= 11 is 0. The summed E-state index contributed by atoms with van der Waals surface area (Å²) in [6.07, 6.45) is -3.54. The zero-order valence-electron chi connectivity index (χ0n) is 12.4.